The summed E-state index contributed by atoms with van der Waals surface area (Å²) in [6.45, 7) is 0.664. The van der Waals surface area contributed by atoms with E-state index in [0.717, 1.165) is 29.7 Å². The summed E-state index contributed by atoms with van der Waals surface area (Å²) in [5.74, 6) is 0.397. The molecule has 5 heteroatoms. The average molecular weight is 345 g/mol. The van der Waals surface area contributed by atoms with Gasteiger partial charge in [-0.25, -0.2) is 4.79 Å². The summed E-state index contributed by atoms with van der Waals surface area (Å²) in [6.07, 6.45) is 1.37. The van der Waals surface area contributed by atoms with Crippen molar-refractivity contribution in [2.24, 2.45) is 5.92 Å². The third kappa shape index (κ3) is 4.08. The Labute approximate surface area is 147 Å². The van der Waals surface area contributed by atoms with E-state index >= 15 is 0 Å². The molecule has 0 aromatic heterocycles. The molecule has 0 heterocycles. The number of urea groups is 1. The first-order valence-electron chi connectivity index (χ1n) is 8.07. The highest BCUT2D eigenvalue weighted by atomic mass is 35.5. The number of hydrogen-bond acceptors (Lipinski definition) is 2. The molecule has 2 aromatic carbocycles. The summed E-state index contributed by atoms with van der Waals surface area (Å²) in [4.78, 5) is 14.0. The van der Waals surface area contributed by atoms with E-state index in [-0.39, 0.29) is 12.1 Å². The molecule has 0 atom stereocenters. The molecule has 1 saturated carbocycles. The van der Waals surface area contributed by atoms with Gasteiger partial charge in [-0.2, -0.15) is 0 Å². The van der Waals surface area contributed by atoms with Gasteiger partial charge in [0.1, 0.15) is 0 Å². The van der Waals surface area contributed by atoms with E-state index < -0.39 is 0 Å². The number of aliphatic hydroxyl groups is 1. The number of halogens is 1. The molecular weight excluding hydrogens is 324 g/mol. The minimum absolute atomic E-state index is 0.139. The zero-order valence-corrected chi connectivity index (χ0v) is 14.3. The minimum atomic E-state index is -0.194. The fourth-order valence-corrected chi connectivity index (χ4v) is 3.17. The molecule has 2 amide bonds. The van der Waals surface area contributed by atoms with Gasteiger partial charge in [0.25, 0.3) is 0 Å². The van der Waals surface area contributed by atoms with Crippen LogP contribution >= 0.6 is 11.6 Å². The van der Waals surface area contributed by atoms with Crippen molar-refractivity contribution >= 4 is 23.3 Å². The van der Waals surface area contributed by atoms with E-state index in [1.165, 1.54) is 0 Å². The monoisotopic (exact) mass is 344 g/mol. The lowest BCUT2D eigenvalue weighted by molar-refractivity contribution is 0.0332. The van der Waals surface area contributed by atoms with Crippen LogP contribution in [-0.4, -0.2) is 35.7 Å². The Balaban J connectivity index is 1.64. The van der Waals surface area contributed by atoms with E-state index in [4.69, 9.17) is 11.6 Å². The average Bonchev–Trinajstić information content (AvgIpc) is 2.53. The van der Waals surface area contributed by atoms with Gasteiger partial charge in [0.2, 0.25) is 0 Å². The first-order valence-corrected chi connectivity index (χ1v) is 8.45. The molecule has 0 aliphatic heterocycles. The van der Waals surface area contributed by atoms with E-state index in [2.05, 4.69) is 5.32 Å². The lowest BCUT2D eigenvalue weighted by Gasteiger charge is -2.34. The van der Waals surface area contributed by atoms with Gasteiger partial charge >= 0.3 is 6.03 Å². The van der Waals surface area contributed by atoms with Gasteiger partial charge < -0.3 is 15.3 Å². The van der Waals surface area contributed by atoms with Crippen LogP contribution in [0.1, 0.15) is 12.8 Å². The van der Waals surface area contributed by atoms with Crippen LogP contribution in [0.15, 0.2) is 48.5 Å². The SMILES string of the molecule is CN(CC1CC(O)C1)C(=O)Nc1cccc(-c2cccc(Cl)c2)c1. The number of aliphatic hydroxyl groups excluding tert-OH is 1. The highest BCUT2D eigenvalue weighted by Gasteiger charge is 2.29. The van der Waals surface area contributed by atoms with E-state index in [9.17, 15) is 9.90 Å². The maximum atomic E-state index is 12.3. The molecule has 0 bridgehead atoms. The molecule has 1 aliphatic rings. The lowest BCUT2D eigenvalue weighted by Crippen LogP contribution is -2.41. The van der Waals surface area contributed by atoms with Crippen molar-refractivity contribution in [2.75, 3.05) is 18.9 Å². The van der Waals surface area contributed by atoms with Crippen LogP contribution in [0.25, 0.3) is 11.1 Å². The molecule has 2 aromatic rings. The van der Waals surface area contributed by atoms with Crippen LogP contribution < -0.4 is 5.32 Å². The van der Waals surface area contributed by atoms with Gasteiger partial charge in [0.05, 0.1) is 6.10 Å². The summed E-state index contributed by atoms with van der Waals surface area (Å²) in [5, 5.41) is 12.9. The number of nitrogens with one attached hydrogen (secondary N) is 1. The van der Waals surface area contributed by atoms with Crippen molar-refractivity contribution in [3.63, 3.8) is 0 Å². The van der Waals surface area contributed by atoms with Crippen molar-refractivity contribution in [3.8, 4) is 11.1 Å². The van der Waals surface area contributed by atoms with E-state index in [0.29, 0.717) is 17.5 Å². The predicted molar refractivity (Wildman–Crippen MR) is 97.3 cm³/mol. The molecular formula is C19H21ClN2O2. The van der Waals surface area contributed by atoms with Crippen LogP contribution in [0.4, 0.5) is 10.5 Å². The Bertz CT molecular complexity index is 729. The summed E-state index contributed by atoms with van der Waals surface area (Å²) in [6, 6.07) is 15.2. The number of hydrogen-bond donors (Lipinski definition) is 2. The fourth-order valence-electron chi connectivity index (χ4n) is 2.98. The molecule has 4 nitrogen and oxygen atoms in total. The zero-order chi connectivity index (χ0) is 17.1. The van der Waals surface area contributed by atoms with Crippen molar-refractivity contribution in [1.29, 1.82) is 0 Å². The Morgan fingerprint density at radius 3 is 2.54 bits per heavy atom. The molecule has 126 valence electrons. The Hall–Kier alpha value is -2.04. The zero-order valence-electron chi connectivity index (χ0n) is 13.6. The largest absolute Gasteiger partial charge is 0.393 e. The summed E-state index contributed by atoms with van der Waals surface area (Å²) < 4.78 is 0. The van der Waals surface area contributed by atoms with Crippen LogP contribution in [0, 0.1) is 5.92 Å². The third-order valence-corrected chi connectivity index (χ3v) is 4.60. The van der Waals surface area contributed by atoms with E-state index in [1.807, 2.05) is 48.5 Å². The molecule has 0 unspecified atom stereocenters. The summed E-state index contributed by atoms with van der Waals surface area (Å²) >= 11 is 6.04. The number of nitrogens with zero attached hydrogens (tertiary/aromatic N) is 1. The lowest BCUT2D eigenvalue weighted by atomic mass is 9.82. The molecule has 0 radical (unpaired) electrons. The number of benzene rings is 2. The number of carbonyl (C=O) groups is 1. The fraction of sp³-hybridized carbons (Fsp3) is 0.316. The van der Waals surface area contributed by atoms with Gasteiger partial charge in [-0.05, 0) is 54.2 Å². The van der Waals surface area contributed by atoms with Crippen molar-refractivity contribution < 1.29 is 9.90 Å². The normalized spacial score (nSPS) is 19.5. The van der Waals surface area contributed by atoms with Gasteiger partial charge in [0, 0.05) is 24.3 Å². The molecule has 2 N–H and O–H groups in total. The molecule has 24 heavy (non-hydrogen) atoms. The number of anilines is 1. The van der Waals surface area contributed by atoms with Gasteiger partial charge in [0.15, 0.2) is 0 Å². The second-order valence-corrected chi connectivity index (χ2v) is 6.83. The van der Waals surface area contributed by atoms with Gasteiger partial charge in [-0.3, -0.25) is 0 Å². The highest BCUT2D eigenvalue weighted by molar-refractivity contribution is 6.30. The first kappa shape index (κ1) is 16.8. The van der Waals surface area contributed by atoms with E-state index in [1.54, 1.807) is 11.9 Å². The van der Waals surface area contributed by atoms with Gasteiger partial charge in [-0.15, -0.1) is 0 Å². The minimum Gasteiger partial charge on any atom is -0.393 e. The van der Waals surface area contributed by atoms with Crippen molar-refractivity contribution in [2.45, 2.75) is 18.9 Å². The smallest absolute Gasteiger partial charge is 0.321 e. The quantitative estimate of drug-likeness (QED) is 0.871. The molecule has 1 fully saturated rings. The maximum absolute atomic E-state index is 12.3. The second kappa shape index (κ2) is 7.24. The second-order valence-electron chi connectivity index (χ2n) is 6.39. The van der Waals surface area contributed by atoms with Crippen molar-refractivity contribution in [3.05, 3.63) is 53.6 Å². The third-order valence-electron chi connectivity index (χ3n) is 4.36. The molecule has 1 aliphatic carbocycles. The number of amides is 2. The molecule has 0 saturated heterocycles. The Morgan fingerprint density at radius 1 is 1.21 bits per heavy atom. The topological polar surface area (TPSA) is 52.6 Å². The highest BCUT2D eigenvalue weighted by Crippen LogP contribution is 2.28. The van der Waals surface area contributed by atoms with Crippen LogP contribution in [-0.2, 0) is 0 Å². The van der Waals surface area contributed by atoms with Crippen LogP contribution in [0.2, 0.25) is 5.02 Å². The van der Waals surface area contributed by atoms with Crippen LogP contribution in [0.5, 0.6) is 0 Å². The maximum Gasteiger partial charge on any atom is 0.321 e. The first-order chi connectivity index (χ1) is 11.5. The predicted octanol–water partition coefficient (Wildman–Crippen LogP) is 4.24. The van der Waals surface area contributed by atoms with Crippen LogP contribution in [0.3, 0.4) is 0 Å². The van der Waals surface area contributed by atoms with Gasteiger partial charge in [-0.1, -0.05) is 35.9 Å². The Kier molecular flexibility index (Phi) is 5.07. The summed E-state index contributed by atoms with van der Waals surface area (Å²) in [7, 11) is 1.78. The summed E-state index contributed by atoms with van der Waals surface area (Å²) in [5.41, 5.74) is 2.76. The number of rotatable bonds is 4. The van der Waals surface area contributed by atoms with Crippen molar-refractivity contribution in [1.82, 2.24) is 4.90 Å². The molecule has 0 spiro atoms. The number of carbonyl (C=O) groups excluding carboxylic acids is 1. The standard InChI is InChI=1S/C19H21ClN2O2/c1-22(12-13-8-18(23)9-13)19(24)21-17-7-3-5-15(11-17)14-4-2-6-16(20)10-14/h2-7,10-11,13,18,23H,8-9,12H2,1H3,(H,21,24). The Morgan fingerprint density at radius 2 is 1.88 bits per heavy atom. The molecule has 3 rings (SSSR count).